The molecule has 2 heterocycles. The van der Waals surface area contributed by atoms with Crippen LogP contribution in [0.5, 0.6) is 0 Å². The molecule has 0 spiro atoms. The molecule has 112 valence electrons. The van der Waals surface area contributed by atoms with E-state index in [2.05, 4.69) is 30.7 Å². The van der Waals surface area contributed by atoms with E-state index in [0.717, 1.165) is 22.6 Å². The number of nitrogens with one attached hydrogen (secondary N) is 1. The fourth-order valence-corrected chi connectivity index (χ4v) is 2.74. The second kappa shape index (κ2) is 5.82. The highest BCUT2D eigenvalue weighted by Crippen LogP contribution is 2.19. The van der Waals surface area contributed by atoms with Gasteiger partial charge in [0.05, 0.1) is 18.1 Å². The Morgan fingerprint density at radius 1 is 1.48 bits per heavy atom. The van der Waals surface area contributed by atoms with Crippen LogP contribution in [0, 0.1) is 6.92 Å². The summed E-state index contributed by atoms with van der Waals surface area (Å²) >= 11 is 3.22. The number of hydrogen-bond donors (Lipinski definition) is 2. The number of carboxylic acids is 1. The normalized spacial score (nSPS) is 11.3. The van der Waals surface area contributed by atoms with Gasteiger partial charge in [0, 0.05) is 6.20 Å². The van der Waals surface area contributed by atoms with Crippen molar-refractivity contribution in [2.75, 3.05) is 4.72 Å². The first-order chi connectivity index (χ1) is 9.78. The van der Waals surface area contributed by atoms with Gasteiger partial charge in [-0.2, -0.15) is 5.10 Å². The van der Waals surface area contributed by atoms with E-state index in [9.17, 15) is 13.2 Å². The standard InChI is InChI=1S/C11H11BrN4O4S/c1-7-2-8(3-13-11(7)12)15-21(19,20)9-4-14-16(5-9)6-10(17)18/h2-5,15H,6H2,1H3,(H,17,18). The quantitative estimate of drug-likeness (QED) is 0.760. The minimum absolute atomic E-state index is 0.121. The summed E-state index contributed by atoms with van der Waals surface area (Å²) in [6.07, 6.45) is 3.61. The summed E-state index contributed by atoms with van der Waals surface area (Å²) in [6, 6.07) is 1.62. The van der Waals surface area contributed by atoms with E-state index < -0.39 is 22.5 Å². The van der Waals surface area contributed by atoms with Crippen molar-refractivity contribution in [1.29, 1.82) is 0 Å². The average Bonchev–Trinajstić information content (AvgIpc) is 2.82. The van der Waals surface area contributed by atoms with E-state index in [1.807, 2.05) is 0 Å². The molecule has 0 aliphatic rings. The van der Waals surface area contributed by atoms with Crippen molar-refractivity contribution in [2.24, 2.45) is 0 Å². The Labute approximate surface area is 129 Å². The predicted molar refractivity (Wildman–Crippen MR) is 77.3 cm³/mol. The summed E-state index contributed by atoms with van der Waals surface area (Å²) in [5.41, 5.74) is 1.08. The fourth-order valence-electron chi connectivity index (χ4n) is 1.54. The molecule has 0 saturated carbocycles. The minimum atomic E-state index is -3.84. The molecule has 2 N–H and O–H groups in total. The zero-order valence-electron chi connectivity index (χ0n) is 10.8. The number of aryl methyl sites for hydroxylation is 1. The van der Waals surface area contributed by atoms with Crippen LogP contribution in [0.3, 0.4) is 0 Å². The molecule has 8 nitrogen and oxygen atoms in total. The van der Waals surface area contributed by atoms with Crippen molar-refractivity contribution in [3.63, 3.8) is 0 Å². The van der Waals surface area contributed by atoms with Crippen molar-refractivity contribution in [1.82, 2.24) is 14.8 Å². The predicted octanol–water partition coefficient (Wildman–Crippen LogP) is 1.23. The maximum atomic E-state index is 12.1. The van der Waals surface area contributed by atoms with Crippen molar-refractivity contribution >= 4 is 37.6 Å². The second-order valence-corrected chi connectivity index (χ2v) is 6.64. The van der Waals surface area contributed by atoms with Crippen LogP contribution >= 0.6 is 15.9 Å². The van der Waals surface area contributed by atoms with Crippen LogP contribution in [-0.2, 0) is 21.4 Å². The number of aromatic nitrogens is 3. The van der Waals surface area contributed by atoms with Gasteiger partial charge >= 0.3 is 5.97 Å². The summed E-state index contributed by atoms with van der Waals surface area (Å²) in [7, 11) is -3.84. The first kappa shape index (κ1) is 15.4. The average molecular weight is 375 g/mol. The molecule has 2 aromatic rings. The lowest BCUT2D eigenvalue weighted by Crippen LogP contribution is -2.13. The number of carboxylic acid groups (broad SMARTS) is 1. The lowest BCUT2D eigenvalue weighted by molar-refractivity contribution is -0.137. The molecular formula is C11H11BrN4O4S. The van der Waals surface area contributed by atoms with Crippen LogP contribution in [0.2, 0.25) is 0 Å². The molecule has 2 aromatic heterocycles. The van der Waals surface area contributed by atoms with Gasteiger partial charge in [-0.3, -0.25) is 14.2 Å². The van der Waals surface area contributed by atoms with Crippen LogP contribution in [-0.4, -0.2) is 34.3 Å². The summed E-state index contributed by atoms with van der Waals surface area (Å²) in [6.45, 7) is 1.37. The van der Waals surface area contributed by atoms with Crippen molar-refractivity contribution in [3.8, 4) is 0 Å². The number of halogens is 1. The third-order valence-electron chi connectivity index (χ3n) is 2.48. The Balaban J connectivity index is 2.23. The summed E-state index contributed by atoms with van der Waals surface area (Å²) in [5, 5.41) is 12.3. The minimum Gasteiger partial charge on any atom is -0.480 e. The third-order valence-corrected chi connectivity index (χ3v) is 4.65. The van der Waals surface area contributed by atoms with Crippen LogP contribution in [0.15, 0.2) is 34.2 Å². The number of sulfonamides is 1. The second-order valence-electron chi connectivity index (χ2n) is 4.20. The Hall–Kier alpha value is -1.94. The van der Waals surface area contributed by atoms with Crippen LogP contribution in [0.1, 0.15) is 5.56 Å². The van der Waals surface area contributed by atoms with Crippen molar-refractivity contribution < 1.29 is 18.3 Å². The monoisotopic (exact) mass is 374 g/mol. The highest BCUT2D eigenvalue weighted by atomic mass is 79.9. The molecule has 0 saturated heterocycles. The topological polar surface area (TPSA) is 114 Å². The van der Waals surface area contributed by atoms with Crippen LogP contribution < -0.4 is 4.72 Å². The SMILES string of the molecule is Cc1cc(NS(=O)(=O)c2cnn(CC(=O)O)c2)cnc1Br. The van der Waals surface area contributed by atoms with E-state index in [4.69, 9.17) is 5.11 Å². The van der Waals surface area contributed by atoms with Crippen molar-refractivity contribution in [2.45, 2.75) is 18.4 Å². The van der Waals surface area contributed by atoms with E-state index in [1.54, 1.807) is 13.0 Å². The maximum Gasteiger partial charge on any atom is 0.325 e. The third kappa shape index (κ3) is 3.79. The maximum absolute atomic E-state index is 12.1. The fraction of sp³-hybridized carbons (Fsp3) is 0.182. The molecule has 0 amide bonds. The van der Waals surface area contributed by atoms with Gasteiger partial charge in [0.2, 0.25) is 0 Å². The number of carbonyl (C=O) groups is 1. The van der Waals surface area contributed by atoms with Gasteiger partial charge in [0.15, 0.2) is 0 Å². The molecule has 10 heteroatoms. The molecule has 0 bridgehead atoms. The van der Waals surface area contributed by atoms with Gasteiger partial charge in [-0.1, -0.05) is 0 Å². The number of nitrogens with zero attached hydrogens (tertiary/aromatic N) is 3. The molecule has 0 aromatic carbocycles. The van der Waals surface area contributed by atoms with Gasteiger partial charge < -0.3 is 5.11 Å². The number of rotatable bonds is 5. The smallest absolute Gasteiger partial charge is 0.325 e. The molecule has 21 heavy (non-hydrogen) atoms. The van der Waals surface area contributed by atoms with Gasteiger partial charge in [-0.05, 0) is 34.5 Å². The van der Waals surface area contributed by atoms with Crippen LogP contribution in [0.4, 0.5) is 5.69 Å². The highest BCUT2D eigenvalue weighted by Gasteiger charge is 2.17. The summed E-state index contributed by atoms with van der Waals surface area (Å²) in [4.78, 5) is 14.4. The molecule has 0 fully saturated rings. The Morgan fingerprint density at radius 2 is 2.19 bits per heavy atom. The molecule has 0 aliphatic heterocycles. The number of aliphatic carboxylic acids is 1. The zero-order valence-corrected chi connectivity index (χ0v) is 13.2. The van der Waals surface area contributed by atoms with Gasteiger partial charge in [-0.25, -0.2) is 13.4 Å². The molecule has 0 unspecified atom stereocenters. The van der Waals surface area contributed by atoms with Gasteiger partial charge in [-0.15, -0.1) is 0 Å². The first-order valence-electron chi connectivity index (χ1n) is 5.67. The molecule has 0 atom stereocenters. The Morgan fingerprint density at radius 3 is 2.81 bits per heavy atom. The van der Waals surface area contributed by atoms with E-state index >= 15 is 0 Å². The van der Waals surface area contributed by atoms with Crippen LogP contribution in [0.25, 0.3) is 0 Å². The molecule has 0 aliphatic carbocycles. The van der Waals surface area contributed by atoms with Gasteiger partial charge in [0.25, 0.3) is 10.0 Å². The summed E-state index contributed by atoms with van der Waals surface area (Å²) < 4.78 is 28.3. The number of pyridine rings is 1. The zero-order chi connectivity index (χ0) is 15.6. The summed E-state index contributed by atoms with van der Waals surface area (Å²) in [5.74, 6) is -1.11. The first-order valence-corrected chi connectivity index (χ1v) is 7.95. The number of anilines is 1. The molecule has 2 rings (SSSR count). The largest absolute Gasteiger partial charge is 0.480 e. The van der Waals surface area contributed by atoms with Gasteiger partial charge in [0.1, 0.15) is 16.0 Å². The Bertz CT molecular complexity index is 787. The van der Waals surface area contributed by atoms with E-state index in [1.165, 1.54) is 6.20 Å². The Kier molecular flexibility index (Phi) is 4.28. The van der Waals surface area contributed by atoms with Crippen molar-refractivity contribution in [3.05, 3.63) is 34.8 Å². The molecular weight excluding hydrogens is 364 g/mol. The number of hydrogen-bond acceptors (Lipinski definition) is 5. The lowest BCUT2D eigenvalue weighted by Gasteiger charge is -2.07. The van der Waals surface area contributed by atoms with E-state index in [-0.39, 0.29) is 4.90 Å². The molecule has 0 radical (unpaired) electrons. The lowest BCUT2D eigenvalue weighted by atomic mass is 10.3. The highest BCUT2D eigenvalue weighted by molar-refractivity contribution is 9.10. The van der Waals surface area contributed by atoms with E-state index in [0.29, 0.717) is 10.3 Å².